The number of carboxylic acid groups (broad SMARTS) is 2. The Kier molecular flexibility index (Phi) is 9.67. The molecule has 0 fully saturated rings. The molecule has 156 valence electrons. The standard InChI is InChI=1S/C21H24O4.CH2O3/c1-6-7-8-17(15-9-11-18(22-2)20(13-15)24-4)16-10-12-19(23-3)21(14-16)25-5;2-1(3)4/h6-14H,1-5H3;(H2,2,3,4)/b7-6+;. The molecular weight excluding hydrogens is 376 g/mol. The minimum atomic E-state index is -1.83. The van der Waals surface area contributed by atoms with E-state index in [1.165, 1.54) is 0 Å². The van der Waals surface area contributed by atoms with E-state index in [9.17, 15) is 0 Å². The molecule has 0 radical (unpaired) electrons. The molecule has 0 saturated carbocycles. The Morgan fingerprint density at radius 3 is 1.45 bits per heavy atom. The molecule has 7 heteroatoms. The summed E-state index contributed by atoms with van der Waals surface area (Å²) < 4.78 is 21.5. The van der Waals surface area contributed by atoms with E-state index in [2.05, 4.69) is 6.08 Å². The van der Waals surface area contributed by atoms with Gasteiger partial charge in [-0.05, 0) is 47.9 Å². The molecule has 7 nitrogen and oxygen atoms in total. The van der Waals surface area contributed by atoms with Crippen LogP contribution in [-0.2, 0) is 0 Å². The molecule has 2 aromatic carbocycles. The first-order valence-corrected chi connectivity index (χ1v) is 8.61. The fraction of sp³-hybridized carbons (Fsp3) is 0.227. The van der Waals surface area contributed by atoms with Gasteiger partial charge in [0.2, 0.25) is 0 Å². The number of ether oxygens (including phenoxy) is 4. The highest BCUT2D eigenvalue weighted by atomic mass is 16.6. The molecule has 2 aromatic rings. The van der Waals surface area contributed by atoms with Gasteiger partial charge in [0.25, 0.3) is 0 Å². The fourth-order valence-corrected chi connectivity index (χ4v) is 2.56. The second kappa shape index (κ2) is 12.0. The molecule has 0 amide bonds. The molecule has 0 saturated heterocycles. The molecule has 29 heavy (non-hydrogen) atoms. The maximum Gasteiger partial charge on any atom is 0.503 e. The highest BCUT2D eigenvalue weighted by Crippen LogP contribution is 2.36. The van der Waals surface area contributed by atoms with Crippen LogP contribution in [0.15, 0.2) is 54.6 Å². The number of methoxy groups -OCH3 is 4. The van der Waals surface area contributed by atoms with Crippen LogP contribution < -0.4 is 18.9 Å². The summed E-state index contributed by atoms with van der Waals surface area (Å²) in [6, 6.07) is 11.7. The lowest BCUT2D eigenvalue weighted by atomic mass is 9.96. The van der Waals surface area contributed by atoms with E-state index in [0.29, 0.717) is 23.0 Å². The quantitative estimate of drug-likeness (QED) is 0.633. The molecule has 0 atom stereocenters. The minimum Gasteiger partial charge on any atom is -0.493 e. The van der Waals surface area contributed by atoms with Gasteiger partial charge in [0.1, 0.15) is 0 Å². The van der Waals surface area contributed by atoms with Crippen molar-refractivity contribution in [3.63, 3.8) is 0 Å². The lowest BCUT2D eigenvalue weighted by Gasteiger charge is -2.14. The monoisotopic (exact) mass is 402 g/mol. The van der Waals surface area contributed by atoms with Crippen molar-refractivity contribution in [1.29, 1.82) is 0 Å². The Labute approximate surface area is 170 Å². The highest BCUT2D eigenvalue weighted by molar-refractivity contribution is 5.82. The van der Waals surface area contributed by atoms with Gasteiger partial charge in [-0.1, -0.05) is 30.4 Å². The Hall–Kier alpha value is -3.61. The minimum absolute atomic E-state index is 0.687. The zero-order chi connectivity index (χ0) is 21.8. The number of carbonyl (C=O) groups is 1. The summed E-state index contributed by atoms with van der Waals surface area (Å²) in [5.74, 6) is 2.77. The van der Waals surface area contributed by atoms with Crippen LogP contribution in [0.25, 0.3) is 5.57 Å². The molecule has 0 spiro atoms. The van der Waals surface area contributed by atoms with E-state index in [4.69, 9.17) is 34.0 Å². The van der Waals surface area contributed by atoms with Crippen molar-refractivity contribution in [1.82, 2.24) is 0 Å². The molecule has 0 aliphatic heterocycles. The van der Waals surface area contributed by atoms with E-state index >= 15 is 0 Å². The van der Waals surface area contributed by atoms with Gasteiger partial charge in [0.05, 0.1) is 28.4 Å². The van der Waals surface area contributed by atoms with Gasteiger partial charge < -0.3 is 29.2 Å². The summed E-state index contributed by atoms with van der Waals surface area (Å²) in [5.41, 5.74) is 3.07. The third-order valence-corrected chi connectivity index (χ3v) is 3.84. The molecule has 0 bridgehead atoms. The van der Waals surface area contributed by atoms with Gasteiger partial charge in [0, 0.05) is 0 Å². The van der Waals surface area contributed by atoms with Crippen molar-refractivity contribution in [2.45, 2.75) is 6.92 Å². The van der Waals surface area contributed by atoms with Crippen LogP contribution in [0.3, 0.4) is 0 Å². The predicted octanol–water partition coefficient (Wildman–Crippen LogP) is 4.95. The average molecular weight is 402 g/mol. The van der Waals surface area contributed by atoms with Gasteiger partial charge in [0.15, 0.2) is 23.0 Å². The van der Waals surface area contributed by atoms with Crippen LogP contribution >= 0.6 is 0 Å². The van der Waals surface area contributed by atoms with Crippen molar-refractivity contribution in [2.75, 3.05) is 28.4 Å². The lowest BCUT2D eigenvalue weighted by molar-refractivity contribution is 0.137. The van der Waals surface area contributed by atoms with Crippen LogP contribution in [0.1, 0.15) is 18.1 Å². The molecule has 0 aromatic heterocycles. The fourth-order valence-electron chi connectivity index (χ4n) is 2.56. The summed E-state index contributed by atoms with van der Waals surface area (Å²) in [6.07, 6.45) is 4.22. The van der Waals surface area contributed by atoms with E-state index in [1.807, 2.05) is 55.5 Å². The number of benzene rings is 2. The third kappa shape index (κ3) is 6.80. The average Bonchev–Trinajstić information content (AvgIpc) is 2.73. The lowest BCUT2D eigenvalue weighted by Crippen LogP contribution is -1.95. The third-order valence-electron chi connectivity index (χ3n) is 3.84. The maximum atomic E-state index is 8.56. The normalized spacial score (nSPS) is 9.83. The summed E-state index contributed by atoms with van der Waals surface area (Å²) in [4.78, 5) is 8.56. The van der Waals surface area contributed by atoms with Crippen molar-refractivity contribution in [2.24, 2.45) is 0 Å². The molecule has 2 rings (SSSR count). The highest BCUT2D eigenvalue weighted by Gasteiger charge is 2.12. The maximum absolute atomic E-state index is 8.56. The zero-order valence-electron chi connectivity index (χ0n) is 17.1. The van der Waals surface area contributed by atoms with E-state index in [1.54, 1.807) is 28.4 Å². The second-order valence-electron chi connectivity index (χ2n) is 5.53. The van der Waals surface area contributed by atoms with Gasteiger partial charge in [-0.3, -0.25) is 0 Å². The molecular formula is C22H26O7. The molecule has 0 aliphatic carbocycles. The van der Waals surface area contributed by atoms with Crippen molar-refractivity contribution < 1.29 is 34.0 Å². The SMILES string of the molecule is C/C=C/C=C(c1ccc(OC)c(OC)c1)c1ccc(OC)c(OC)c1.O=C(O)O. The topological polar surface area (TPSA) is 94.5 Å². The first-order valence-electron chi connectivity index (χ1n) is 8.61. The van der Waals surface area contributed by atoms with E-state index in [0.717, 1.165) is 16.7 Å². The first-order chi connectivity index (χ1) is 13.9. The Bertz CT molecular complexity index is 808. The van der Waals surface area contributed by atoms with Gasteiger partial charge >= 0.3 is 6.16 Å². The summed E-state index contributed by atoms with van der Waals surface area (Å²) in [7, 11) is 6.52. The Morgan fingerprint density at radius 1 is 0.759 bits per heavy atom. The number of hydrogen-bond donors (Lipinski definition) is 2. The van der Waals surface area contributed by atoms with Crippen LogP contribution in [0.2, 0.25) is 0 Å². The first kappa shape index (κ1) is 23.4. The van der Waals surface area contributed by atoms with Crippen LogP contribution in [0.5, 0.6) is 23.0 Å². The van der Waals surface area contributed by atoms with Gasteiger partial charge in [-0.15, -0.1) is 0 Å². The number of rotatable bonds is 7. The molecule has 0 unspecified atom stereocenters. The van der Waals surface area contributed by atoms with Gasteiger partial charge in [-0.2, -0.15) is 0 Å². The predicted molar refractivity (Wildman–Crippen MR) is 112 cm³/mol. The second-order valence-corrected chi connectivity index (χ2v) is 5.53. The summed E-state index contributed by atoms with van der Waals surface area (Å²) in [5, 5.41) is 13.9. The summed E-state index contributed by atoms with van der Waals surface area (Å²) >= 11 is 0. The van der Waals surface area contributed by atoms with E-state index in [-0.39, 0.29) is 0 Å². The zero-order valence-corrected chi connectivity index (χ0v) is 17.1. The van der Waals surface area contributed by atoms with E-state index < -0.39 is 6.16 Å². The van der Waals surface area contributed by atoms with Crippen LogP contribution in [0, 0.1) is 0 Å². The van der Waals surface area contributed by atoms with Crippen LogP contribution in [0.4, 0.5) is 4.79 Å². The van der Waals surface area contributed by atoms with Crippen molar-refractivity contribution in [3.05, 3.63) is 65.8 Å². The molecule has 0 aliphatic rings. The molecule has 0 heterocycles. The largest absolute Gasteiger partial charge is 0.503 e. The van der Waals surface area contributed by atoms with Crippen molar-refractivity contribution in [3.8, 4) is 23.0 Å². The Balaban J connectivity index is 0.000000960. The molecule has 2 N–H and O–H groups in total. The Morgan fingerprint density at radius 2 is 1.14 bits per heavy atom. The van der Waals surface area contributed by atoms with Gasteiger partial charge in [-0.25, -0.2) is 4.79 Å². The smallest absolute Gasteiger partial charge is 0.493 e. The summed E-state index contributed by atoms with van der Waals surface area (Å²) in [6.45, 7) is 1.98. The van der Waals surface area contributed by atoms with Crippen molar-refractivity contribution >= 4 is 11.7 Å². The number of hydrogen-bond acceptors (Lipinski definition) is 5. The number of allylic oxidation sites excluding steroid dienone is 3. The van der Waals surface area contributed by atoms with Crippen LogP contribution in [-0.4, -0.2) is 44.8 Å².